The first kappa shape index (κ1) is 22.3. The van der Waals surface area contributed by atoms with Gasteiger partial charge in [0.25, 0.3) is 0 Å². The van der Waals surface area contributed by atoms with E-state index in [1.54, 1.807) is 0 Å². The number of piperidine rings is 1. The minimum absolute atomic E-state index is 0.255. The van der Waals surface area contributed by atoms with Crippen LogP contribution in [0.5, 0.6) is 5.75 Å². The number of nitrogens with zero attached hydrogens (tertiary/aromatic N) is 3. The number of benzene rings is 1. The third kappa shape index (κ3) is 4.68. The van der Waals surface area contributed by atoms with Crippen LogP contribution in [0.1, 0.15) is 52.8 Å². The van der Waals surface area contributed by atoms with Crippen molar-refractivity contribution in [2.45, 2.75) is 66.2 Å². The molecule has 0 radical (unpaired) electrons. The largest absolute Gasteiger partial charge is 0.490 e. The Hall–Kier alpha value is -2.38. The molecule has 1 saturated heterocycles. The van der Waals surface area contributed by atoms with Gasteiger partial charge in [0.2, 0.25) is 0 Å². The average molecular weight is 414 g/mol. The number of fused-ring (bicyclic) bond motifs is 3. The molecule has 3 aromatic rings. The van der Waals surface area contributed by atoms with Crippen molar-refractivity contribution in [2.75, 3.05) is 25.4 Å². The van der Waals surface area contributed by atoms with Crippen LogP contribution < -0.4 is 15.8 Å². The van der Waals surface area contributed by atoms with Gasteiger partial charge in [0, 0.05) is 18.5 Å². The Bertz CT molecular complexity index is 963. The lowest BCUT2D eigenvalue weighted by atomic mass is 10.1. The zero-order chi connectivity index (χ0) is 21.5. The summed E-state index contributed by atoms with van der Waals surface area (Å²) in [6.45, 7) is 12.1. The van der Waals surface area contributed by atoms with Crippen molar-refractivity contribution >= 4 is 27.8 Å². The number of aromatic nitrogens is 3. The Morgan fingerprint density at radius 3 is 2.63 bits per heavy atom. The molecule has 1 aliphatic heterocycles. The molecular weight excluding hydrogens is 378 g/mol. The molecule has 3 heterocycles. The van der Waals surface area contributed by atoms with Crippen molar-refractivity contribution in [2.24, 2.45) is 0 Å². The zero-order valence-corrected chi connectivity index (χ0v) is 18.7. The second-order valence-corrected chi connectivity index (χ2v) is 7.26. The molecule has 7 nitrogen and oxygen atoms in total. The van der Waals surface area contributed by atoms with E-state index in [-0.39, 0.29) is 6.10 Å². The van der Waals surface area contributed by atoms with E-state index in [9.17, 15) is 0 Å². The minimum Gasteiger partial charge on any atom is -0.490 e. The molecule has 0 spiro atoms. The predicted octanol–water partition coefficient (Wildman–Crippen LogP) is 4.27. The maximum atomic E-state index is 6.26. The van der Waals surface area contributed by atoms with E-state index in [0.29, 0.717) is 19.0 Å². The van der Waals surface area contributed by atoms with Crippen LogP contribution >= 0.6 is 0 Å². The standard InChI is InChI=1S/C21H29N5O2.C2H6/c1-3-11-26-18(13-27-4-2)25-19-20(26)16-12-15(5-6-17(16)24-21(19)22)28-14-7-9-23-10-8-14;1-2/h5-6,12,14,23H,3-4,7-11,13H2,1-2H3,(H2,22,24);1-2H3. The van der Waals surface area contributed by atoms with Gasteiger partial charge in [-0.2, -0.15) is 0 Å². The summed E-state index contributed by atoms with van der Waals surface area (Å²) >= 11 is 0. The summed E-state index contributed by atoms with van der Waals surface area (Å²) in [5.41, 5.74) is 8.88. The molecule has 0 bridgehead atoms. The quantitative estimate of drug-likeness (QED) is 0.601. The Morgan fingerprint density at radius 1 is 1.17 bits per heavy atom. The maximum absolute atomic E-state index is 6.26. The first-order valence-corrected chi connectivity index (χ1v) is 11.2. The summed E-state index contributed by atoms with van der Waals surface area (Å²) in [6.07, 6.45) is 3.31. The fraction of sp³-hybridized carbons (Fsp3) is 0.565. The lowest BCUT2D eigenvalue weighted by molar-refractivity contribution is 0.126. The number of hydrogen-bond donors (Lipinski definition) is 2. The molecule has 0 amide bonds. The van der Waals surface area contributed by atoms with Gasteiger partial charge in [-0.3, -0.25) is 0 Å². The Morgan fingerprint density at radius 2 is 1.93 bits per heavy atom. The molecule has 0 aliphatic carbocycles. The summed E-state index contributed by atoms with van der Waals surface area (Å²) in [7, 11) is 0. The Balaban J connectivity index is 0.00000124. The van der Waals surface area contributed by atoms with Gasteiger partial charge in [0.1, 0.15) is 29.8 Å². The number of rotatable bonds is 7. The molecule has 0 atom stereocenters. The van der Waals surface area contributed by atoms with Crippen LogP contribution in [-0.4, -0.2) is 40.3 Å². The number of hydrogen-bond acceptors (Lipinski definition) is 6. The number of anilines is 1. The van der Waals surface area contributed by atoms with Gasteiger partial charge >= 0.3 is 0 Å². The van der Waals surface area contributed by atoms with Gasteiger partial charge in [-0.05, 0) is 57.5 Å². The summed E-state index contributed by atoms with van der Waals surface area (Å²) in [6, 6.07) is 6.07. The van der Waals surface area contributed by atoms with Gasteiger partial charge < -0.3 is 25.1 Å². The highest BCUT2D eigenvalue weighted by atomic mass is 16.5. The number of imidazole rings is 1. The minimum atomic E-state index is 0.255. The second kappa shape index (κ2) is 10.6. The summed E-state index contributed by atoms with van der Waals surface area (Å²) < 4.78 is 14.1. The fourth-order valence-electron chi connectivity index (χ4n) is 3.88. The van der Waals surface area contributed by atoms with Crippen LogP contribution in [0.15, 0.2) is 18.2 Å². The topological polar surface area (TPSA) is 87.2 Å². The Labute approximate surface area is 179 Å². The van der Waals surface area contributed by atoms with E-state index in [4.69, 9.17) is 20.2 Å². The van der Waals surface area contributed by atoms with Crippen molar-refractivity contribution < 1.29 is 9.47 Å². The van der Waals surface area contributed by atoms with E-state index in [1.165, 1.54) is 0 Å². The molecular formula is C23H35N5O2. The average Bonchev–Trinajstić information content (AvgIpc) is 3.14. The molecule has 1 aliphatic rings. The molecule has 3 N–H and O–H groups in total. The second-order valence-electron chi connectivity index (χ2n) is 7.26. The molecule has 164 valence electrons. The maximum Gasteiger partial charge on any atom is 0.152 e. The van der Waals surface area contributed by atoms with Crippen LogP contribution in [0.3, 0.4) is 0 Å². The van der Waals surface area contributed by atoms with Crippen LogP contribution in [0.2, 0.25) is 0 Å². The van der Waals surface area contributed by atoms with Crippen LogP contribution in [0, 0.1) is 0 Å². The lowest BCUT2D eigenvalue weighted by Gasteiger charge is -2.24. The molecule has 30 heavy (non-hydrogen) atoms. The smallest absolute Gasteiger partial charge is 0.152 e. The molecule has 0 saturated carbocycles. The highest BCUT2D eigenvalue weighted by molar-refractivity contribution is 6.07. The number of aryl methyl sites for hydroxylation is 1. The van der Waals surface area contributed by atoms with Crippen molar-refractivity contribution in [1.82, 2.24) is 19.9 Å². The van der Waals surface area contributed by atoms with Crippen molar-refractivity contribution in [1.29, 1.82) is 0 Å². The number of nitrogen functional groups attached to an aromatic ring is 1. The summed E-state index contributed by atoms with van der Waals surface area (Å²) in [5, 5.41) is 4.40. The number of ether oxygens (including phenoxy) is 2. The summed E-state index contributed by atoms with van der Waals surface area (Å²) in [5.74, 6) is 2.23. The van der Waals surface area contributed by atoms with Gasteiger partial charge in [-0.25, -0.2) is 9.97 Å². The first-order chi connectivity index (χ1) is 14.7. The van der Waals surface area contributed by atoms with E-state index in [0.717, 1.165) is 72.4 Å². The zero-order valence-electron chi connectivity index (χ0n) is 18.7. The normalized spacial score (nSPS) is 14.7. The molecule has 1 fully saturated rings. The molecule has 7 heteroatoms. The molecule has 1 aromatic carbocycles. The Kier molecular flexibility index (Phi) is 7.87. The molecule has 0 unspecified atom stereocenters. The number of nitrogens with one attached hydrogen (secondary N) is 1. The van der Waals surface area contributed by atoms with E-state index in [2.05, 4.69) is 27.9 Å². The molecule has 4 rings (SSSR count). The van der Waals surface area contributed by atoms with Crippen LogP contribution in [-0.2, 0) is 17.9 Å². The van der Waals surface area contributed by atoms with Crippen molar-refractivity contribution in [3.63, 3.8) is 0 Å². The lowest BCUT2D eigenvalue weighted by Crippen LogP contribution is -2.34. The van der Waals surface area contributed by atoms with E-state index in [1.807, 2.05) is 32.9 Å². The highest BCUT2D eigenvalue weighted by Crippen LogP contribution is 2.32. The van der Waals surface area contributed by atoms with Gasteiger partial charge in [0.05, 0.1) is 11.0 Å². The van der Waals surface area contributed by atoms with Crippen LogP contribution in [0.4, 0.5) is 5.82 Å². The van der Waals surface area contributed by atoms with Crippen molar-refractivity contribution in [3.05, 3.63) is 24.0 Å². The van der Waals surface area contributed by atoms with Gasteiger partial charge in [-0.1, -0.05) is 20.8 Å². The predicted molar refractivity (Wildman–Crippen MR) is 123 cm³/mol. The van der Waals surface area contributed by atoms with E-state index < -0.39 is 0 Å². The highest BCUT2D eigenvalue weighted by Gasteiger charge is 2.19. The number of nitrogens with two attached hydrogens (primary N) is 1. The first-order valence-electron chi connectivity index (χ1n) is 11.2. The summed E-state index contributed by atoms with van der Waals surface area (Å²) in [4.78, 5) is 9.35. The van der Waals surface area contributed by atoms with Gasteiger partial charge in [0.15, 0.2) is 5.82 Å². The molecule has 2 aromatic heterocycles. The van der Waals surface area contributed by atoms with Crippen LogP contribution in [0.25, 0.3) is 21.9 Å². The van der Waals surface area contributed by atoms with E-state index >= 15 is 0 Å². The third-order valence-corrected chi connectivity index (χ3v) is 5.22. The third-order valence-electron chi connectivity index (χ3n) is 5.22. The fourth-order valence-corrected chi connectivity index (χ4v) is 3.88. The van der Waals surface area contributed by atoms with Crippen molar-refractivity contribution in [3.8, 4) is 5.75 Å². The number of pyridine rings is 1. The van der Waals surface area contributed by atoms with Gasteiger partial charge in [-0.15, -0.1) is 0 Å². The monoisotopic (exact) mass is 413 g/mol. The SMILES string of the molecule is CC.CCCn1c(COCC)nc2c(N)nc3ccc(OC4CCNCC4)cc3c21.